The molecule has 0 aliphatic carbocycles. The van der Waals surface area contributed by atoms with Crippen molar-refractivity contribution in [1.82, 2.24) is 15.5 Å². The summed E-state index contributed by atoms with van der Waals surface area (Å²) in [4.78, 5) is 15.1. The van der Waals surface area contributed by atoms with Crippen molar-refractivity contribution in [3.8, 4) is 0 Å². The Morgan fingerprint density at radius 2 is 1.92 bits per heavy atom. The van der Waals surface area contributed by atoms with Crippen LogP contribution in [0.4, 0.5) is 0 Å². The highest BCUT2D eigenvalue weighted by molar-refractivity contribution is 7.80. The number of thiocarbonyl (C=S) groups is 1. The molecule has 0 saturated carbocycles. The predicted molar refractivity (Wildman–Crippen MR) is 102 cm³/mol. The maximum absolute atomic E-state index is 12.0. The third-order valence-corrected chi connectivity index (χ3v) is 5.23. The minimum atomic E-state index is -0.135. The summed E-state index contributed by atoms with van der Waals surface area (Å²) in [6, 6.07) is 14.5. The van der Waals surface area contributed by atoms with E-state index in [4.69, 9.17) is 12.2 Å². The van der Waals surface area contributed by atoms with Crippen LogP contribution in [-0.4, -0.2) is 35.1 Å². The molecule has 1 aliphatic heterocycles. The Morgan fingerprint density at radius 1 is 1.17 bits per heavy atom. The van der Waals surface area contributed by atoms with Crippen LogP contribution in [-0.2, 0) is 6.54 Å². The first-order chi connectivity index (χ1) is 11.7. The second-order valence-electron chi connectivity index (χ2n) is 5.94. The molecule has 0 spiro atoms. The second-order valence-corrected chi connectivity index (χ2v) is 7.30. The molecule has 0 atom stereocenters. The zero-order chi connectivity index (χ0) is 16.8. The molecule has 1 aromatic heterocycles. The molecule has 6 heteroatoms. The number of hydrogen-bond donors (Lipinski definition) is 2. The Labute approximate surface area is 151 Å². The maximum atomic E-state index is 12.0. The second kappa shape index (κ2) is 8.37. The molecule has 0 unspecified atom stereocenters. The van der Waals surface area contributed by atoms with Gasteiger partial charge in [-0.3, -0.25) is 15.0 Å². The molecule has 1 saturated heterocycles. The van der Waals surface area contributed by atoms with E-state index < -0.39 is 0 Å². The lowest BCUT2D eigenvalue weighted by atomic mass is 10.0. The van der Waals surface area contributed by atoms with Gasteiger partial charge in [0.2, 0.25) is 0 Å². The van der Waals surface area contributed by atoms with Gasteiger partial charge in [-0.15, -0.1) is 11.3 Å². The fourth-order valence-corrected chi connectivity index (χ4v) is 3.75. The molecule has 2 heterocycles. The molecule has 24 heavy (non-hydrogen) atoms. The number of thiophene rings is 1. The predicted octanol–water partition coefficient (Wildman–Crippen LogP) is 3.02. The highest BCUT2D eigenvalue weighted by atomic mass is 32.1. The Hall–Kier alpha value is -1.76. The third-order valence-electron chi connectivity index (χ3n) is 4.14. The van der Waals surface area contributed by atoms with Crippen molar-refractivity contribution in [1.29, 1.82) is 0 Å². The Bertz CT molecular complexity index is 665. The normalized spacial score (nSPS) is 15.8. The van der Waals surface area contributed by atoms with Crippen molar-refractivity contribution in [2.75, 3.05) is 13.1 Å². The molecule has 1 amide bonds. The van der Waals surface area contributed by atoms with Gasteiger partial charge in [-0.25, -0.2) is 0 Å². The zero-order valence-electron chi connectivity index (χ0n) is 13.4. The molecule has 1 aliphatic rings. The molecule has 4 nitrogen and oxygen atoms in total. The molecule has 2 aromatic rings. The van der Waals surface area contributed by atoms with Gasteiger partial charge in [0, 0.05) is 25.7 Å². The quantitative estimate of drug-likeness (QED) is 0.824. The van der Waals surface area contributed by atoms with Crippen LogP contribution in [0.3, 0.4) is 0 Å². The number of nitrogens with one attached hydrogen (secondary N) is 2. The van der Waals surface area contributed by atoms with E-state index in [-0.39, 0.29) is 5.91 Å². The van der Waals surface area contributed by atoms with E-state index in [1.807, 2.05) is 17.5 Å². The van der Waals surface area contributed by atoms with Crippen molar-refractivity contribution in [3.05, 3.63) is 58.3 Å². The molecule has 0 radical (unpaired) electrons. The SMILES string of the molecule is O=C(NC(=S)NC1CCN(Cc2ccccc2)CC1)c1cccs1. The van der Waals surface area contributed by atoms with Gasteiger partial charge in [-0.1, -0.05) is 36.4 Å². The molecule has 1 fully saturated rings. The van der Waals surface area contributed by atoms with Gasteiger partial charge in [-0.05, 0) is 42.1 Å². The van der Waals surface area contributed by atoms with Crippen LogP contribution in [0, 0.1) is 0 Å². The van der Waals surface area contributed by atoms with Gasteiger partial charge in [0.25, 0.3) is 5.91 Å². The summed E-state index contributed by atoms with van der Waals surface area (Å²) in [5.74, 6) is -0.135. The number of piperidine rings is 1. The standard InChI is InChI=1S/C18H21N3OS2/c22-17(16-7-4-12-24-16)20-18(23)19-15-8-10-21(11-9-15)13-14-5-2-1-3-6-14/h1-7,12,15H,8-11,13H2,(H2,19,20,22,23). The van der Waals surface area contributed by atoms with E-state index in [0.717, 1.165) is 32.5 Å². The summed E-state index contributed by atoms with van der Waals surface area (Å²) in [6.07, 6.45) is 2.06. The third kappa shape index (κ3) is 4.87. The van der Waals surface area contributed by atoms with Crippen LogP contribution in [0.1, 0.15) is 28.1 Å². The van der Waals surface area contributed by atoms with E-state index in [1.54, 1.807) is 6.07 Å². The number of carbonyl (C=O) groups excluding carboxylic acids is 1. The number of amides is 1. The number of benzene rings is 1. The smallest absolute Gasteiger partial charge is 0.267 e. The largest absolute Gasteiger partial charge is 0.360 e. The fraction of sp³-hybridized carbons (Fsp3) is 0.333. The van der Waals surface area contributed by atoms with E-state index in [9.17, 15) is 4.79 Å². The van der Waals surface area contributed by atoms with Gasteiger partial charge >= 0.3 is 0 Å². The number of likely N-dealkylation sites (tertiary alicyclic amines) is 1. The summed E-state index contributed by atoms with van der Waals surface area (Å²) in [6.45, 7) is 3.06. The minimum Gasteiger partial charge on any atom is -0.360 e. The number of rotatable bonds is 4. The van der Waals surface area contributed by atoms with Crippen molar-refractivity contribution in [2.45, 2.75) is 25.4 Å². The summed E-state index contributed by atoms with van der Waals surface area (Å²) in [7, 11) is 0. The lowest BCUT2D eigenvalue weighted by Crippen LogP contribution is -2.48. The van der Waals surface area contributed by atoms with Gasteiger partial charge in [-0.2, -0.15) is 0 Å². The average molecular weight is 360 g/mol. The average Bonchev–Trinajstić information content (AvgIpc) is 3.12. The van der Waals surface area contributed by atoms with E-state index in [2.05, 4.69) is 39.8 Å². The molecule has 126 valence electrons. The summed E-state index contributed by atoms with van der Waals surface area (Å²) in [5, 5.41) is 8.34. The van der Waals surface area contributed by atoms with Crippen molar-refractivity contribution in [2.24, 2.45) is 0 Å². The number of nitrogens with zero attached hydrogens (tertiary/aromatic N) is 1. The van der Waals surface area contributed by atoms with E-state index in [0.29, 0.717) is 16.0 Å². The summed E-state index contributed by atoms with van der Waals surface area (Å²) in [5.41, 5.74) is 1.35. The first-order valence-corrected chi connectivity index (χ1v) is 9.41. The summed E-state index contributed by atoms with van der Waals surface area (Å²) < 4.78 is 0. The topological polar surface area (TPSA) is 44.4 Å². The molecule has 2 N–H and O–H groups in total. The van der Waals surface area contributed by atoms with Crippen LogP contribution in [0.25, 0.3) is 0 Å². The lowest BCUT2D eigenvalue weighted by molar-refractivity contribution is 0.0980. The zero-order valence-corrected chi connectivity index (χ0v) is 15.0. The van der Waals surface area contributed by atoms with E-state index >= 15 is 0 Å². The molecular formula is C18H21N3OS2. The Kier molecular flexibility index (Phi) is 5.96. The van der Waals surface area contributed by atoms with Gasteiger partial charge in [0.05, 0.1) is 4.88 Å². The number of carbonyl (C=O) groups is 1. The summed E-state index contributed by atoms with van der Waals surface area (Å²) >= 11 is 6.68. The first-order valence-electron chi connectivity index (χ1n) is 8.12. The van der Waals surface area contributed by atoms with Crippen molar-refractivity contribution >= 4 is 34.6 Å². The Balaban J connectivity index is 1.40. The van der Waals surface area contributed by atoms with Crippen molar-refractivity contribution in [3.63, 3.8) is 0 Å². The monoisotopic (exact) mass is 359 g/mol. The molecular weight excluding hydrogens is 338 g/mol. The van der Waals surface area contributed by atoms with Crippen LogP contribution < -0.4 is 10.6 Å². The van der Waals surface area contributed by atoms with Crippen LogP contribution in [0.5, 0.6) is 0 Å². The van der Waals surface area contributed by atoms with Gasteiger partial charge < -0.3 is 5.32 Å². The molecule has 0 bridgehead atoms. The minimum absolute atomic E-state index is 0.135. The van der Waals surface area contributed by atoms with Gasteiger partial charge in [0.1, 0.15) is 0 Å². The molecule has 1 aromatic carbocycles. The van der Waals surface area contributed by atoms with Crippen LogP contribution >= 0.6 is 23.6 Å². The highest BCUT2D eigenvalue weighted by Crippen LogP contribution is 2.14. The first kappa shape index (κ1) is 17.1. The van der Waals surface area contributed by atoms with E-state index in [1.165, 1.54) is 16.9 Å². The number of hydrogen-bond acceptors (Lipinski definition) is 4. The molecule has 3 rings (SSSR count). The maximum Gasteiger partial charge on any atom is 0.267 e. The van der Waals surface area contributed by atoms with Gasteiger partial charge in [0.15, 0.2) is 5.11 Å². The Morgan fingerprint density at radius 3 is 2.58 bits per heavy atom. The van der Waals surface area contributed by atoms with Crippen molar-refractivity contribution < 1.29 is 4.79 Å². The fourth-order valence-electron chi connectivity index (χ4n) is 2.87. The van der Waals surface area contributed by atoms with Crippen LogP contribution in [0.2, 0.25) is 0 Å². The highest BCUT2D eigenvalue weighted by Gasteiger charge is 2.20. The van der Waals surface area contributed by atoms with Crippen LogP contribution in [0.15, 0.2) is 47.8 Å². The lowest BCUT2D eigenvalue weighted by Gasteiger charge is -2.32.